The standard InChI is InChI=1S/C25H33BrN2O7S2/c1-3-5-11-25(4-2)17-28(19-9-7-6-8-10-19)21-14-20(26)22(15-23(21)36(30,31)18-25)35-16-24(29)27-12-13-37(32,33)34/h6-10,14-15H,3-5,11-13,16-18H2,1-2H3,(H,27,29)(H,32,33,34). The summed E-state index contributed by atoms with van der Waals surface area (Å²) in [4.78, 5) is 14.3. The van der Waals surface area contributed by atoms with Gasteiger partial charge in [0, 0.05) is 30.3 Å². The summed E-state index contributed by atoms with van der Waals surface area (Å²) in [6.45, 7) is 3.94. The molecule has 0 saturated carbocycles. The SMILES string of the molecule is CCCCC1(CC)CN(c2ccccc2)c2cc(Br)c(OCC(=O)NCCS(=O)(=O)O)cc2S(=O)(=O)C1. The highest BCUT2D eigenvalue weighted by molar-refractivity contribution is 9.10. The maximum atomic E-state index is 13.8. The fraction of sp³-hybridized carbons (Fsp3) is 0.480. The lowest BCUT2D eigenvalue weighted by Gasteiger charge is -2.36. The molecule has 1 aliphatic rings. The van der Waals surface area contributed by atoms with Gasteiger partial charge in [-0.25, -0.2) is 8.42 Å². The number of unbranched alkanes of at least 4 members (excludes halogenated alkanes) is 1. The van der Waals surface area contributed by atoms with E-state index in [0.717, 1.165) is 24.9 Å². The molecule has 2 aromatic rings. The third kappa shape index (κ3) is 7.68. The summed E-state index contributed by atoms with van der Waals surface area (Å²) >= 11 is 3.46. The molecular weight excluding hydrogens is 584 g/mol. The van der Waals surface area contributed by atoms with E-state index >= 15 is 0 Å². The zero-order valence-electron chi connectivity index (χ0n) is 20.9. The first kappa shape index (κ1) is 29.4. The van der Waals surface area contributed by atoms with Gasteiger partial charge in [-0.1, -0.05) is 44.9 Å². The Balaban J connectivity index is 1.98. The topological polar surface area (TPSA) is 130 Å². The molecule has 0 bridgehead atoms. The van der Waals surface area contributed by atoms with E-state index in [9.17, 15) is 21.6 Å². The van der Waals surface area contributed by atoms with Crippen molar-refractivity contribution in [2.45, 2.75) is 44.4 Å². The number of hydrogen-bond acceptors (Lipinski definition) is 7. The molecule has 1 atom stereocenters. The Labute approximate surface area is 227 Å². The molecule has 0 aliphatic carbocycles. The molecule has 3 rings (SSSR count). The van der Waals surface area contributed by atoms with Crippen LogP contribution in [0.3, 0.4) is 0 Å². The highest BCUT2D eigenvalue weighted by Crippen LogP contribution is 2.46. The van der Waals surface area contributed by atoms with Crippen molar-refractivity contribution in [3.05, 3.63) is 46.9 Å². The summed E-state index contributed by atoms with van der Waals surface area (Å²) in [6, 6.07) is 12.8. The Morgan fingerprint density at radius 1 is 1.22 bits per heavy atom. The molecule has 0 radical (unpaired) electrons. The number of sulfone groups is 1. The van der Waals surface area contributed by atoms with Gasteiger partial charge >= 0.3 is 0 Å². The number of ether oxygens (including phenoxy) is 1. The van der Waals surface area contributed by atoms with Crippen LogP contribution in [0.5, 0.6) is 5.75 Å². The maximum Gasteiger partial charge on any atom is 0.266 e. The fourth-order valence-corrected chi connectivity index (χ4v) is 7.47. The van der Waals surface area contributed by atoms with Crippen LogP contribution in [-0.2, 0) is 24.7 Å². The lowest BCUT2D eigenvalue weighted by Crippen LogP contribution is -2.37. The molecular formula is C25H33BrN2O7S2. The predicted molar refractivity (Wildman–Crippen MR) is 147 cm³/mol. The third-order valence-corrected chi connectivity index (χ3v) is 9.88. The van der Waals surface area contributed by atoms with Gasteiger partial charge in [0.1, 0.15) is 5.75 Å². The summed E-state index contributed by atoms with van der Waals surface area (Å²) in [7, 11) is -7.92. The summed E-state index contributed by atoms with van der Waals surface area (Å²) in [5, 5.41) is 2.34. The van der Waals surface area contributed by atoms with Gasteiger partial charge in [-0.15, -0.1) is 0 Å². The van der Waals surface area contributed by atoms with E-state index in [1.165, 1.54) is 6.07 Å². The van der Waals surface area contributed by atoms with Crippen molar-refractivity contribution in [1.29, 1.82) is 0 Å². The number of nitrogens with one attached hydrogen (secondary N) is 1. The zero-order chi connectivity index (χ0) is 27.3. The van der Waals surface area contributed by atoms with Crippen LogP contribution in [0.2, 0.25) is 0 Å². The van der Waals surface area contributed by atoms with E-state index in [2.05, 4.69) is 33.1 Å². The number of amides is 1. The lowest BCUT2D eigenvalue weighted by atomic mass is 9.81. The van der Waals surface area contributed by atoms with Gasteiger partial charge in [0.2, 0.25) is 0 Å². The van der Waals surface area contributed by atoms with Crippen LogP contribution in [0.4, 0.5) is 11.4 Å². The van der Waals surface area contributed by atoms with E-state index in [4.69, 9.17) is 9.29 Å². The summed E-state index contributed by atoms with van der Waals surface area (Å²) in [6.07, 6.45) is 3.38. The normalized spacial score (nSPS) is 19.1. The third-order valence-electron chi connectivity index (χ3n) is 6.55. The largest absolute Gasteiger partial charge is 0.483 e. The molecule has 0 aromatic heterocycles. The first-order valence-corrected chi connectivity index (χ1v) is 16.2. The van der Waals surface area contributed by atoms with Crippen LogP contribution in [0.25, 0.3) is 0 Å². The summed E-state index contributed by atoms with van der Waals surface area (Å²) < 4.78 is 64.1. The van der Waals surface area contributed by atoms with Crippen molar-refractivity contribution in [1.82, 2.24) is 5.32 Å². The van der Waals surface area contributed by atoms with Crippen molar-refractivity contribution >= 4 is 53.2 Å². The number of hydrogen-bond donors (Lipinski definition) is 2. The number of nitrogens with zero attached hydrogens (tertiary/aromatic N) is 1. The molecule has 0 spiro atoms. The van der Waals surface area contributed by atoms with Crippen LogP contribution in [-0.4, -0.2) is 58.5 Å². The van der Waals surface area contributed by atoms with Gasteiger partial charge in [-0.2, -0.15) is 8.42 Å². The van der Waals surface area contributed by atoms with Gasteiger partial charge in [-0.3, -0.25) is 9.35 Å². The molecule has 0 saturated heterocycles. The smallest absolute Gasteiger partial charge is 0.266 e. The quantitative estimate of drug-likeness (QED) is 0.356. The Bertz CT molecular complexity index is 1320. The Morgan fingerprint density at radius 3 is 2.54 bits per heavy atom. The molecule has 1 amide bonds. The minimum atomic E-state index is -4.20. The molecule has 1 heterocycles. The van der Waals surface area contributed by atoms with Gasteiger partial charge in [-0.05, 0) is 47.0 Å². The van der Waals surface area contributed by atoms with Crippen molar-refractivity contribution in [2.75, 3.05) is 36.1 Å². The van der Waals surface area contributed by atoms with Crippen molar-refractivity contribution in [3.63, 3.8) is 0 Å². The second-order valence-corrected chi connectivity index (χ2v) is 13.7. The highest BCUT2D eigenvalue weighted by atomic mass is 79.9. The van der Waals surface area contributed by atoms with Gasteiger partial charge in [0.25, 0.3) is 16.0 Å². The number of rotatable bonds is 11. The van der Waals surface area contributed by atoms with Crippen LogP contribution in [0, 0.1) is 5.41 Å². The first-order chi connectivity index (χ1) is 17.4. The molecule has 2 N–H and O–H groups in total. The predicted octanol–water partition coefficient (Wildman–Crippen LogP) is 4.34. The lowest BCUT2D eigenvalue weighted by molar-refractivity contribution is -0.122. The molecule has 0 fully saturated rings. The second-order valence-electron chi connectivity index (χ2n) is 9.31. The van der Waals surface area contributed by atoms with Crippen LogP contribution < -0.4 is 15.0 Å². The van der Waals surface area contributed by atoms with Crippen LogP contribution in [0.1, 0.15) is 39.5 Å². The number of carbonyl (C=O) groups excluding carboxylic acids is 1. The molecule has 9 nitrogen and oxygen atoms in total. The maximum absolute atomic E-state index is 13.8. The summed E-state index contributed by atoms with van der Waals surface area (Å²) in [5.41, 5.74) is 0.980. The van der Waals surface area contributed by atoms with Gasteiger partial charge < -0.3 is 15.0 Å². The zero-order valence-corrected chi connectivity index (χ0v) is 24.2. The number of carbonyl (C=O) groups is 1. The van der Waals surface area contributed by atoms with Crippen molar-refractivity contribution in [2.24, 2.45) is 5.41 Å². The first-order valence-electron chi connectivity index (χ1n) is 12.1. The molecule has 12 heteroatoms. The van der Waals surface area contributed by atoms with E-state index in [1.54, 1.807) is 6.07 Å². The molecule has 204 valence electrons. The molecule has 1 aliphatic heterocycles. The second kappa shape index (κ2) is 12.1. The average molecular weight is 618 g/mol. The van der Waals surface area contributed by atoms with E-state index in [1.807, 2.05) is 37.3 Å². The number of anilines is 2. The molecule has 1 unspecified atom stereocenters. The van der Waals surface area contributed by atoms with Crippen molar-refractivity contribution in [3.8, 4) is 5.75 Å². The molecule has 37 heavy (non-hydrogen) atoms. The fourth-order valence-electron chi connectivity index (χ4n) is 4.49. The summed E-state index contributed by atoms with van der Waals surface area (Å²) in [5.74, 6) is -1.04. The number of halogens is 1. The Hall–Kier alpha value is -2.15. The average Bonchev–Trinajstić information content (AvgIpc) is 2.93. The Kier molecular flexibility index (Phi) is 9.65. The van der Waals surface area contributed by atoms with Crippen LogP contribution in [0.15, 0.2) is 51.8 Å². The number of fused-ring (bicyclic) bond motifs is 1. The monoisotopic (exact) mass is 616 g/mol. The van der Waals surface area contributed by atoms with E-state index in [0.29, 0.717) is 23.1 Å². The number of para-hydroxylation sites is 1. The highest BCUT2D eigenvalue weighted by Gasteiger charge is 2.41. The number of benzene rings is 2. The van der Waals surface area contributed by atoms with E-state index in [-0.39, 0.29) is 22.9 Å². The Morgan fingerprint density at radius 2 is 1.92 bits per heavy atom. The minimum absolute atomic E-state index is 0.00399. The van der Waals surface area contributed by atoms with Crippen molar-refractivity contribution < 1.29 is 30.9 Å². The molecule has 2 aromatic carbocycles. The van der Waals surface area contributed by atoms with Gasteiger partial charge in [0.15, 0.2) is 16.4 Å². The van der Waals surface area contributed by atoms with Crippen LogP contribution >= 0.6 is 15.9 Å². The van der Waals surface area contributed by atoms with Gasteiger partial charge in [0.05, 0.1) is 26.6 Å². The minimum Gasteiger partial charge on any atom is -0.483 e. The van der Waals surface area contributed by atoms with E-state index < -0.39 is 43.6 Å².